The molecular formula is C32H59N3O7. The number of methoxy groups -OCH3 is 1. The molecule has 0 amide bonds. The number of piperidine rings is 1. The van der Waals surface area contributed by atoms with Crippen LogP contribution in [0.4, 0.5) is 0 Å². The van der Waals surface area contributed by atoms with Crippen LogP contribution in [0.3, 0.4) is 0 Å². The van der Waals surface area contributed by atoms with Crippen LogP contribution in [-0.4, -0.2) is 135 Å². The lowest BCUT2D eigenvalue weighted by Crippen LogP contribution is -2.59. The maximum Gasteiger partial charge on any atom is 0.319 e. The Morgan fingerprint density at radius 3 is 2.24 bits per heavy atom. The number of carbonyl (C=O) groups excluding carboxylic acids is 2. The summed E-state index contributed by atoms with van der Waals surface area (Å²) in [6.45, 7) is 14.3. The molecule has 3 heterocycles. The zero-order chi connectivity index (χ0) is 31.6. The van der Waals surface area contributed by atoms with Gasteiger partial charge in [-0.15, -0.1) is 0 Å². The van der Waals surface area contributed by atoms with Crippen LogP contribution in [0, 0.1) is 23.2 Å². The Hall–Kier alpha value is -1.14. The summed E-state index contributed by atoms with van der Waals surface area (Å²) in [7, 11) is 9.76. The normalized spacial score (nSPS) is 40.7. The fourth-order valence-corrected chi connectivity index (χ4v) is 7.47. The predicted octanol–water partition coefficient (Wildman–Crippen LogP) is 2.66. The number of aliphatic hydroxyl groups is 1. The van der Waals surface area contributed by atoms with Gasteiger partial charge in [-0.1, -0.05) is 13.8 Å². The lowest BCUT2D eigenvalue weighted by molar-refractivity contribution is -0.295. The number of hydrogen-bond donors (Lipinski definition) is 1. The molecule has 0 aromatic carbocycles. The van der Waals surface area contributed by atoms with Gasteiger partial charge in [-0.2, -0.15) is 0 Å². The molecule has 0 saturated carbocycles. The van der Waals surface area contributed by atoms with Crippen molar-refractivity contribution >= 4 is 11.8 Å². The van der Waals surface area contributed by atoms with E-state index in [0.717, 1.165) is 32.5 Å². The number of likely N-dealkylation sites (N-methyl/N-ethyl adjacent to an activating group) is 2. The fourth-order valence-electron chi connectivity index (χ4n) is 7.47. The Labute approximate surface area is 254 Å². The van der Waals surface area contributed by atoms with E-state index in [9.17, 15) is 14.7 Å². The summed E-state index contributed by atoms with van der Waals surface area (Å²) in [5, 5.41) is 11.3. The smallest absolute Gasteiger partial charge is 0.319 e. The molecule has 0 radical (unpaired) electrons. The molecule has 3 aliphatic heterocycles. The number of esters is 1. The first kappa shape index (κ1) is 35.3. The van der Waals surface area contributed by atoms with Crippen molar-refractivity contribution in [3.8, 4) is 0 Å². The minimum absolute atomic E-state index is 0.0604. The zero-order valence-corrected chi connectivity index (χ0v) is 28.1. The number of hydrogen-bond acceptors (Lipinski definition) is 10. The SMILES string of the molecule is CO[C@]1(C)C[C@@H](C)CN(C)C(C2CCN(C)CC2)COC(=O)C(C)(C)C(=O)[C@H](C)[C@H]1O[C@@H]1O[C@H](C)C[C@H](N(C)C)[C@H]1O. The second-order valence-corrected chi connectivity index (χ2v) is 14.5. The summed E-state index contributed by atoms with van der Waals surface area (Å²) in [5.41, 5.74) is -2.29. The summed E-state index contributed by atoms with van der Waals surface area (Å²) >= 11 is 0. The van der Waals surface area contributed by atoms with Crippen LogP contribution >= 0.6 is 0 Å². The summed E-state index contributed by atoms with van der Waals surface area (Å²) in [6.07, 6.45) is 0.561. The van der Waals surface area contributed by atoms with E-state index in [1.807, 2.05) is 32.8 Å². The van der Waals surface area contributed by atoms with Gasteiger partial charge in [0.1, 0.15) is 18.1 Å². The molecule has 10 heteroatoms. The second kappa shape index (κ2) is 14.3. The third kappa shape index (κ3) is 7.92. The Balaban J connectivity index is 1.98. The maximum atomic E-state index is 14.2. The molecule has 0 aromatic heterocycles. The number of ether oxygens (including phenoxy) is 4. The number of Topliss-reactive ketones (excluding diaryl/α,β-unsaturated/α-hetero) is 1. The molecule has 1 N–H and O–H groups in total. The molecule has 0 spiro atoms. The van der Waals surface area contributed by atoms with Crippen LogP contribution in [-0.2, 0) is 28.5 Å². The van der Waals surface area contributed by atoms with E-state index in [2.05, 4.69) is 30.8 Å². The van der Waals surface area contributed by atoms with Crippen LogP contribution in [0.5, 0.6) is 0 Å². The van der Waals surface area contributed by atoms with E-state index in [1.165, 1.54) is 0 Å². The standard InChI is InChI=1S/C32H59N3O7/c1-20-17-32(6,39-11)28(42-29-26(36)24(33(7)8)16-21(2)41-29)22(3)27(37)31(4,5)30(38)40-19-25(35(10)18-20)23-12-14-34(9)15-13-23/h20-26,28-29,36H,12-19H2,1-11H3/t20-,21-,22+,24+,25?,26-,28-,29+,32-/m1/s1. The predicted molar refractivity (Wildman–Crippen MR) is 162 cm³/mol. The molecule has 1 unspecified atom stereocenters. The van der Waals surface area contributed by atoms with Gasteiger partial charge in [-0.3, -0.25) is 14.5 Å². The van der Waals surface area contributed by atoms with Gasteiger partial charge in [0.15, 0.2) is 12.1 Å². The lowest BCUT2D eigenvalue weighted by atomic mass is 9.74. The maximum absolute atomic E-state index is 14.2. The first-order valence-corrected chi connectivity index (χ1v) is 15.8. The molecular weight excluding hydrogens is 538 g/mol. The molecule has 0 aliphatic carbocycles. The van der Waals surface area contributed by atoms with Crippen molar-refractivity contribution in [2.24, 2.45) is 23.2 Å². The van der Waals surface area contributed by atoms with Crippen molar-refractivity contribution in [1.82, 2.24) is 14.7 Å². The van der Waals surface area contributed by atoms with Crippen LogP contribution < -0.4 is 0 Å². The van der Waals surface area contributed by atoms with Crippen LogP contribution in [0.1, 0.15) is 67.2 Å². The van der Waals surface area contributed by atoms with E-state index < -0.39 is 41.4 Å². The summed E-state index contributed by atoms with van der Waals surface area (Å²) in [5.74, 6) is -0.961. The first-order chi connectivity index (χ1) is 19.5. The summed E-state index contributed by atoms with van der Waals surface area (Å²) in [4.78, 5) is 34.4. The van der Waals surface area contributed by atoms with Crippen LogP contribution in [0.2, 0.25) is 0 Å². The summed E-state index contributed by atoms with van der Waals surface area (Å²) in [6, 6.07) is -0.103. The topological polar surface area (TPSA) is 101 Å². The number of nitrogens with zero attached hydrogens (tertiary/aromatic N) is 3. The average molecular weight is 598 g/mol. The number of rotatable bonds is 5. The van der Waals surface area contributed by atoms with Gasteiger partial charge in [0.2, 0.25) is 0 Å². The summed E-state index contributed by atoms with van der Waals surface area (Å²) < 4.78 is 24.9. The molecule has 42 heavy (non-hydrogen) atoms. The third-order valence-corrected chi connectivity index (χ3v) is 10.2. The third-order valence-electron chi connectivity index (χ3n) is 10.2. The Bertz CT molecular complexity index is 909. The molecule has 3 fully saturated rings. The molecule has 0 bridgehead atoms. The van der Waals surface area contributed by atoms with Gasteiger partial charge >= 0.3 is 5.97 Å². The van der Waals surface area contributed by atoms with Crippen molar-refractivity contribution in [3.05, 3.63) is 0 Å². The van der Waals surface area contributed by atoms with Crippen LogP contribution in [0.15, 0.2) is 0 Å². The zero-order valence-electron chi connectivity index (χ0n) is 28.1. The monoisotopic (exact) mass is 597 g/mol. The number of likely N-dealkylation sites (tertiary alicyclic amines) is 1. The Morgan fingerprint density at radius 1 is 1.05 bits per heavy atom. The molecule has 3 aliphatic rings. The van der Waals surface area contributed by atoms with Gasteiger partial charge in [-0.05, 0) is 106 Å². The van der Waals surface area contributed by atoms with Crippen molar-refractivity contribution in [2.45, 2.75) is 110 Å². The van der Waals surface area contributed by atoms with E-state index in [-0.39, 0.29) is 36.5 Å². The second-order valence-electron chi connectivity index (χ2n) is 14.5. The number of ketones is 1. The minimum Gasteiger partial charge on any atom is -0.463 e. The van der Waals surface area contributed by atoms with Crippen molar-refractivity contribution in [2.75, 3.05) is 61.5 Å². The molecule has 244 valence electrons. The van der Waals surface area contributed by atoms with Crippen molar-refractivity contribution < 1.29 is 33.6 Å². The van der Waals surface area contributed by atoms with E-state index >= 15 is 0 Å². The molecule has 9 atom stereocenters. The number of cyclic esters (lactones) is 1. The highest BCUT2D eigenvalue weighted by atomic mass is 16.7. The van der Waals surface area contributed by atoms with Gasteiger partial charge < -0.3 is 33.9 Å². The van der Waals surface area contributed by atoms with Crippen molar-refractivity contribution in [3.63, 3.8) is 0 Å². The Morgan fingerprint density at radius 2 is 1.67 bits per heavy atom. The minimum atomic E-state index is -1.39. The average Bonchev–Trinajstić information content (AvgIpc) is 2.92. The highest BCUT2D eigenvalue weighted by Gasteiger charge is 2.51. The first-order valence-electron chi connectivity index (χ1n) is 15.8. The van der Waals surface area contributed by atoms with Gasteiger partial charge in [0.25, 0.3) is 0 Å². The van der Waals surface area contributed by atoms with E-state index in [1.54, 1.807) is 27.9 Å². The lowest BCUT2D eigenvalue weighted by Gasteiger charge is -2.47. The van der Waals surface area contributed by atoms with Crippen molar-refractivity contribution in [1.29, 1.82) is 0 Å². The quantitative estimate of drug-likeness (QED) is 0.376. The van der Waals surface area contributed by atoms with Gasteiger partial charge in [-0.25, -0.2) is 0 Å². The molecule has 3 rings (SSSR count). The van der Waals surface area contributed by atoms with Crippen LogP contribution in [0.25, 0.3) is 0 Å². The van der Waals surface area contributed by atoms with Gasteiger partial charge in [0.05, 0.1) is 17.8 Å². The Kier molecular flexibility index (Phi) is 12.0. The number of carbonyl (C=O) groups is 2. The fraction of sp³-hybridized carbons (Fsp3) is 0.938. The number of aliphatic hydroxyl groups excluding tert-OH is 1. The largest absolute Gasteiger partial charge is 0.463 e. The molecule has 10 nitrogen and oxygen atoms in total. The van der Waals surface area contributed by atoms with Gasteiger partial charge in [0, 0.05) is 31.7 Å². The van der Waals surface area contributed by atoms with E-state index in [0.29, 0.717) is 18.8 Å². The molecule has 3 saturated heterocycles. The van der Waals surface area contributed by atoms with E-state index in [4.69, 9.17) is 18.9 Å². The molecule has 0 aromatic rings. The highest BCUT2D eigenvalue weighted by molar-refractivity contribution is 6.04. The highest BCUT2D eigenvalue weighted by Crippen LogP contribution is 2.38.